The summed E-state index contributed by atoms with van der Waals surface area (Å²) in [7, 11) is -4.62. The lowest BCUT2D eigenvalue weighted by Crippen LogP contribution is -2.29. The maximum Gasteiger partial charge on any atom is 0.472 e. The number of phosphoric acid groups is 1. The summed E-state index contributed by atoms with van der Waals surface area (Å²) in [6.45, 7) is 2.40. The molecule has 3 atom stereocenters. The Kier molecular flexibility index (Phi) is 43.3. The summed E-state index contributed by atoms with van der Waals surface area (Å²) in [5.41, 5.74) is 0. The van der Waals surface area contributed by atoms with Crippen LogP contribution in [0.4, 0.5) is 0 Å². The molecule has 0 aliphatic carbocycles. The molecule has 3 N–H and O–H groups in total. The fourth-order valence-electron chi connectivity index (χ4n) is 6.81. The van der Waals surface area contributed by atoms with E-state index in [4.69, 9.17) is 23.6 Å². The van der Waals surface area contributed by atoms with Gasteiger partial charge in [-0.1, -0.05) is 179 Å². The van der Waals surface area contributed by atoms with Crippen LogP contribution in [0.15, 0.2) is 24.3 Å². The molecule has 3 unspecified atom stereocenters. The van der Waals surface area contributed by atoms with E-state index < -0.39 is 51.8 Å². The number of esters is 2. The third kappa shape index (κ3) is 44.3. The number of aliphatic hydroxyl groups is 2. The Hall–Kier alpha value is -1.55. The molecule has 0 fully saturated rings. The molecule has 0 saturated heterocycles. The summed E-state index contributed by atoms with van der Waals surface area (Å²) >= 11 is 0. The molecule has 0 aromatic carbocycles. The summed E-state index contributed by atoms with van der Waals surface area (Å²) in [5.74, 6) is -0.926. The molecule has 0 aromatic heterocycles. The van der Waals surface area contributed by atoms with E-state index in [2.05, 4.69) is 38.2 Å². The first-order valence-corrected chi connectivity index (χ1v) is 25.8. The van der Waals surface area contributed by atoms with Crippen molar-refractivity contribution in [1.29, 1.82) is 0 Å². The van der Waals surface area contributed by atoms with Crippen LogP contribution >= 0.6 is 7.82 Å². The molecule has 0 aliphatic rings. The largest absolute Gasteiger partial charge is 0.472 e. The Morgan fingerprint density at radius 3 is 1.22 bits per heavy atom. The zero-order valence-electron chi connectivity index (χ0n) is 38.0. The van der Waals surface area contributed by atoms with E-state index in [1.807, 2.05) is 0 Å². The number of allylic oxidation sites excluding steroid dienone is 4. The maximum absolute atomic E-state index is 12.7. The molecule has 59 heavy (non-hydrogen) atoms. The van der Waals surface area contributed by atoms with E-state index >= 15 is 0 Å². The number of carbonyl (C=O) groups excluding carboxylic acids is 2. The normalized spacial score (nSPS) is 13.9. The summed E-state index contributed by atoms with van der Waals surface area (Å²) < 4.78 is 32.8. The molecule has 0 amide bonds. The van der Waals surface area contributed by atoms with Gasteiger partial charge in [0.15, 0.2) is 6.10 Å². The molecular weight excluding hydrogens is 767 g/mol. The number of hydrogen-bond acceptors (Lipinski definition) is 9. The van der Waals surface area contributed by atoms with Crippen LogP contribution in [0.3, 0.4) is 0 Å². The fraction of sp³-hybridized carbons (Fsp3) is 0.875. The van der Waals surface area contributed by atoms with Crippen LogP contribution < -0.4 is 0 Å². The summed E-state index contributed by atoms with van der Waals surface area (Å²) in [5, 5.41) is 18.4. The van der Waals surface area contributed by atoms with Gasteiger partial charge in [0.2, 0.25) is 0 Å². The van der Waals surface area contributed by atoms with Crippen molar-refractivity contribution in [2.45, 2.75) is 244 Å². The topological polar surface area (TPSA) is 149 Å². The second-order valence-corrected chi connectivity index (χ2v) is 17.9. The highest BCUT2D eigenvalue weighted by Crippen LogP contribution is 2.43. The van der Waals surface area contributed by atoms with Gasteiger partial charge in [0.1, 0.15) is 12.7 Å². The number of carbonyl (C=O) groups is 2. The number of ether oxygens (including phenoxy) is 2. The summed E-state index contributed by atoms with van der Waals surface area (Å²) in [4.78, 5) is 35.1. The second kappa shape index (κ2) is 44.5. The highest BCUT2D eigenvalue weighted by Gasteiger charge is 2.27. The van der Waals surface area contributed by atoms with E-state index in [0.717, 1.165) is 51.4 Å². The van der Waals surface area contributed by atoms with Crippen LogP contribution in [0, 0.1) is 0 Å². The molecule has 0 aromatic rings. The molecule has 0 rings (SSSR count). The Labute approximate surface area is 361 Å². The minimum Gasteiger partial charge on any atom is -0.462 e. The smallest absolute Gasteiger partial charge is 0.462 e. The zero-order valence-corrected chi connectivity index (χ0v) is 38.9. The van der Waals surface area contributed by atoms with Gasteiger partial charge in [-0.3, -0.25) is 18.6 Å². The Morgan fingerprint density at radius 2 is 0.831 bits per heavy atom. The third-order valence-corrected chi connectivity index (χ3v) is 11.5. The van der Waals surface area contributed by atoms with Gasteiger partial charge in [-0.2, -0.15) is 0 Å². The van der Waals surface area contributed by atoms with Crippen molar-refractivity contribution in [3.05, 3.63) is 24.3 Å². The molecule has 0 aliphatic heterocycles. The average molecular weight is 859 g/mol. The molecule has 348 valence electrons. The zero-order chi connectivity index (χ0) is 43.3. The summed E-state index contributed by atoms with van der Waals surface area (Å²) in [6, 6.07) is 0. The van der Waals surface area contributed by atoms with Crippen LogP contribution in [-0.2, 0) is 32.7 Å². The lowest BCUT2D eigenvalue weighted by Gasteiger charge is -2.20. The molecule has 0 bridgehead atoms. The van der Waals surface area contributed by atoms with Gasteiger partial charge in [0.25, 0.3) is 0 Å². The Morgan fingerprint density at radius 1 is 0.492 bits per heavy atom. The van der Waals surface area contributed by atoms with Crippen molar-refractivity contribution in [3.8, 4) is 0 Å². The lowest BCUT2D eigenvalue weighted by molar-refractivity contribution is -0.161. The van der Waals surface area contributed by atoms with Crippen molar-refractivity contribution < 1.29 is 47.8 Å². The van der Waals surface area contributed by atoms with Gasteiger partial charge < -0.3 is 24.6 Å². The molecule has 11 heteroatoms. The Bertz CT molecular complexity index is 1040. The van der Waals surface area contributed by atoms with Gasteiger partial charge in [-0.15, -0.1) is 0 Å². The molecule has 0 saturated carbocycles. The summed E-state index contributed by atoms with van der Waals surface area (Å²) in [6.07, 6.45) is 45.7. The predicted octanol–water partition coefficient (Wildman–Crippen LogP) is 13.3. The van der Waals surface area contributed by atoms with E-state index in [0.29, 0.717) is 12.8 Å². The quantitative estimate of drug-likeness (QED) is 0.0234. The number of aliphatic hydroxyl groups excluding tert-OH is 2. The van der Waals surface area contributed by atoms with Gasteiger partial charge in [0, 0.05) is 12.8 Å². The van der Waals surface area contributed by atoms with Crippen LogP contribution in [0.5, 0.6) is 0 Å². The van der Waals surface area contributed by atoms with Crippen molar-refractivity contribution >= 4 is 19.8 Å². The first kappa shape index (κ1) is 57.4. The molecule has 0 heterocycles. The van der Waals surface area contributed by atoms with Crippen LogP contribution in [-0.4, -0.2) is 65.7 Å². The first-order chi connectivity index (χ1) is 28.7. The highest BCUT2D eigenvalue weighted by atomic mass is 31.2. The SMILES string of the molecule is CCCCCCCCC/C=C\CCCCCCCCCC(=O)OCC(COP(=O)(O)OCC(O)CO)OC(=O)CCCCCCCCC/C=C\CCCCCCCCC. The average Bonchev–Trinajstić information content (AvgIpc) is 3.22. The molecule has 0 radical (unpaired) electrons. The van der Waals surface area contributed by atoms with Gasteiger partial charge in [-0.25, -0.2) is 4.57 Å². The van der Waals surface area contributed by atoms with Crippen LogP contribution in [0.1, 0.15) is 232 Å². The minimum absolute atomic E-state index is 0.181. The van der Waals surface area contributed by atoms with E-state index in [9.17, 15) is 24.2 Å². The second-order valence-electron chi connectivity index (χ2n) is 16.5. The van der Waals surface area contributed by atoms with E-state index in [1.54, 1.807) is 0 Å². The molecule has 10 nitrogen and oxygen atoms in total. The van der Waals surface area contributed by atoms with E-state index in [-0.39, 0.29) is 19.4 Å². The highest BCUT2D eigenvalue weighted by molar-refractivity contribution is 7.47. The van der Waals surface area contributed by atoms with Gasteiger partial charge in [0.05, 0.1) is 19.8 Å². The van der Waals surface area contributed by atoms with Crippen molar-refractivity contribution in [2.24, 2.45) is 0 Å². The third-order valence-electron chi connectivity index (χ3n) is 10.6. The Balaban J connectivity index is 4.22. The lowest BCUT2D eigenvalue weighted by atomic mass is 10.1. The molecular formula is C48H91O10P. The van der Waals surface area contributed by atoms with E-state index in [1.165, 1.54) is 141 Å². The first-order valence-electron chi connectivity index (χ1n) is 24.3. The van der Waals surface area contributed by atoms with Crippen LogP contribution in [0.25, 0.3) is 0 Å². The number of rotatable bonds is 46. The van der Waals surface area contributed by atoms with Crippen LogP contribution in [0.2, 0.25) is 0 Å². The maximum atomic E-state index is 12.7. The van der Waals surface area contributed by atoms with Crippen molar-refractivity contribution in [3.63, 3.8) is 0 Å². The van der Waals surface area contributed by atoms with Crippen molar-refractivity contribution in [1.82, 2.24) is 0 Å². The number of phosphoric ester groups is 1. The van der Waals surface area contributed by atoms with Gasteiger partial charge in [-0.05, 0) is 64.2 Å². The van der Waals surface area contributed by atoms with Gasteiger partial charge >= 0.3 is 19.8 Å². The monoisotopic (exact) mass is 859 g/mol. The molecule has 0 spiro atoms. The number of hydrogen-bond donors (Lipinski definition) is 3. The minimum atomic E-state index is -4.62. The number of unbranched alkanes of at least 4 members (excludes halogenated alkanes) is 28. The fourth-order valence-corrected chi connectivity index (χ4v) is 7.60. The predicted molar refractivity (Wildman–Crippen MR) is 242 cm³/mol. The van der Waals surface area contributed by atoms with Crippen molar-refractivity contribution in [2.75, 3.05) is 26.4 Å². The standard InChI is InChI=1S/C48H91O10P/c1-3-5-7-9-11-13-15-17-19-21-23-25-27-29-31-33-35-37-39-47(51)55-43-46(44-57-59(53,54)56-42-45(50)41-49)58-48(52)40-38-36-34-32-30-28-26-24-22-20-18-16-14-12-10-8-6-4-2/h19-22,45-46,49-50H,3-18,23-44H2,1-2H3,(H,53,54)/b21-19-,22-20-.